The topological polar surface area (TPSA) is 65.0 Å². The van der Waals surface area contributed by atoms with Crippen LogP contribution in [0.1, 0.15) is 13.8 Å². The first-order valence-corrected chi connectivity index (χ1v) is 5.49. The molecule has 18 heavy (non-hydrogen) atoms. The Morgan fingerprint density at radius 3 is 2.33 bits per heavy atom. The Morgan fingerprint density at radius 2 is 1.83 bits per heavy atom. The van der Waals surface area contributed by atoms with E-state index in [9.17, 15) is 4.79 Å². The van der Waals surface area contributed by atoms with E-state index in [4.69, 9.17) is 19.3 Å². The summed E-state index contributed by atoms with van der Waals surface area (Å²) in [6, 6.07) is 5.21. The van der Waals surface area contributed by atoms with Gasteiger partial charge in [-0.1, -0.05) is 6.07 Å². The molecule has 0 bridgehead atoms. The van der Waals surface area contributed by atoms with Crippen molar-refractivity contribution in [1.29, 1.82) is 0 Å². The third-order valence-corrected chi connectivity index (χ3v) is 2.53. The maximum Gasteiger partial charge on any atom is 0.312 e. The van der Waals surface area contributed by atoms with Gasteiger partial charge in [0, 0.05) is 0 Å². The van der Waals surface area contributed by atoms with E-state index in [1.807, 2.05) is 0 Å². The highest BCUT2D eigenvalue weighted by Crippen LogP contribution is 2.37. The van der Waals surface area contributed by atoms with Crippen LogP contribution in [-0.2, 0) is 4.79 Å². The summed E-state index contributed by atoms with van der Waals surface area (Å²) in [5.74, 6) is 0.555. The first kappa shape index (κ1) is 14.2. The van der Waals surface area contributed by atoms with E-state index < -0.39 is 11.4 Å². The molecule has 0 atom stereocenters. The van der Waals surface area contributed by atoms with E-state index >= 15 is 0 Å². The fourth-order valence-electron chi connectivity index (χ4n) is 1.29. The molecule has 100 valence electrons. The minimum atomic E-state index is -0.964. The van der Waals surface area contributed by atoms with Gasteiger partial charge in [0.05, 0.1) is 19.6 Å². The lowest BCUT2D eigenvalue weighted by Gasteiger charge is -2.21. The van der Waals surface area contributed by atoms with Crippen LogP contribution in [0.15, 0.2) is 18.2 Å². The van der Waals surface area contributed by atoms with E-state index in [-0.39, 0.29) is 6.61 Å². The number of ether oxygens (including phenoxy) is 3. The Kier molecular flexibility index (Phi) is 4.42. The summed E-state index contributed by atoms with van der Waals surface area (Å²) in [5.41, 5.74) is -0.964. The van der Waals surface area contributed by atoms with Crippen LogP contribution in [0.25, 0.3) is 0 Å². The van der Waals surface area contributed by atoms with E-state index in [1.165, 1.54) is 14.2 Å². The van der Waals surface area contributed by atoms with Gasteiger partial charge in [0.25, 0.3) is 0 Å². The van der Waals surface area contributed by atoms with Crippen molar-refractivity contribution < 1.29 is 24.1 Å². The molecule has 1 aromatic rings. The van der Waals surface area contributed by atoms with Gasteiger partial charge in [0.15, 0.2) is 11.5 Å². The van der Waals surface area contributed by atoms with Crippen molar-refractivity contribution in [3.05, 3.63) is 18.2 Å². The highest BCUT2D eigenvalue weighted by Gasteiger charge is 2.28. The number of carboxylic acids is 1. The minimum Gasteiger partial charge on any atom is -0.493 e. The van der Waals surface area contributed by atoms with Gasteiger partial charge in [0.1, 0.15) is 6.61 Å². The summed E-state index contributed by atoms with van der Waals surface area (Å²) in [7, 11) is 3.04. The summed E-state index contributed by atoms with van der Waals surface area (Å²) in [6.07, 6.45) is 0. The van der Waals surface area contributed by atoms with Crippen molar-refractivity contribution in [3.63, 3.8) is 0 Å². The number of benzene rings is 1. The Bertz CT molecular complexity index is 425. The minimum absolute atomic E-state index is 0.0475. The largest absolute Gasteiger partial charge is 0.493 e. The molecule has 0 saturated heterocycles. The number of rotatable bonds is 6. The Morgan fingerprint density at radius 1 is 1.22 bits per heavy atom. The van der Waals surface area contributed by atoms with Crippen LogP contribution < -0.4 is 14.2 Å². The molecule has 0 aliphatic carbocycles. The van der Waals surface area contributed by atoms with Crippen LogP contribution >= 0.6 is 0 Å². The summed E-state index contributed by atoms with van der Waals surface area (Å²) >= 11 is 0. The molecule has 0 aromatic heterocycles. The molecule has 0 aliphatic rings. The maximum atomic E-state index is 11.0. The molecule has 0 fully saturated rings. The molecule has 5 nitrogen and oxygen atoms in total. The second kappa shape index (κ2) is 5.62. The first-order valence-electron chi connectivity index (χ1n) is 5.49. The summed E-state index contributed by atoms with van der Waals surface area (Å²) in [4.78, 5) is 11.0. The van der Waals surface area contributed by atoms with Crippen LogP contribution in [0.5, 0.6) is 17.2 Å². The zero-order chi connectivity index (χ0) is 13.8. The molecule has 0 unspecified atom stereocenters. The lowest BCUT2D eigenvalue weighted by Crippen LogP contribution is -2.30. The molecule has 0 saturated carbocycles. The second-order valence-electron chi connectivity index (χ2n) is 4.47. The third kappa shape index (κ3) is 3.06. The van der Waals surface area contributed by atoms with Gasteiger partial charge in [0.2, 0.25) is 5.75 Å². The lowest BCUT2D eigenvalue weighted by molar-refractivity contribution is -0.148. The number of para-hydroxylation sites is 1. The summed E-state index contributed by atoms with van der Waals surface area (Å²) < 4.78 is 15.8. The molecule has 0 heterocycles. The van der Waals surface area contributed by atoms with Gasteiger partial charge in [-0.3, -0.25) is 4.79 Å². The van der Waals surface area contributed by atoms with E-state index in [1.54, 1.807) is 32.0 Å². The predicted octanol–water partition coefficient (Wildman–Crippen LogP) is 2.19. The zero-order valence-corrected chi connectivity index (χ0v) is 11.0. The summed E-state index contributed by atoms with van der Waals surface area (Å²) in [6.45, 7) is 3.25. The van der Waals surface area contributed by atoms with Crippen molar-refractivity contribution in [2.75, 3.05) is 20.8 Å². The molecule has 0 spiro atoms. The fraction of sp³-hybridized carbons (Fsp3) is 0.462. The van der Waals surface area contributed by atoms with Crippen LogP contribution in [0.2, 0.25) is 0 Å². The highest BCUT2D eigenvalue weighted by molar-refractivity contribution is 5.73. The Hall–Kier alpha value is -1.91. The van der Waals surface area contributed by atoms with E-state index in [0.717, 1.165) is 0 Å². The average molecular weight is 254 g/mol. The lowest BCUT2D eigenvalue weighted by atomic mass is 9.95. The molecule has 0 radical (unpaired) electrons. The van der Waals surface area contributed by atoms with Crippen LogP contribution in [0.4, 0.5) is 0 Å². The molecule has 5 heteroatoms. The smallest absolute Gasteiger partial charge is 0.312 e. The standard InChI is InChI=1S/C13H18O5/c1-13(2,12(14)15)8-18-10-7-5-6-9(16-3)11(10)17-4/h5-7H,8H2,1-4H3,(H,14,15). The number of carbonyl (C=O) groups is 1. The van der Waals surface area contributed by atoms with Gasteiger partial charge < -0.3 is 19.3 Å². The first-order chi connectivity index (χ1) is 8.42. The van der Waals surface area contributed by atoms with E-state index in [0.29, 0.717) is 17.2 Å². The van der Waals surface area contributed by atoms with Crippen LogP contribution in [0.3, 0.4) is 0 Å². The van der Waals surface area contributed by atoms with Crippen molar-refractivity contribution >= 4 is 5.97 Å². The van der Waals surface area contributed by atoms with Crippen LogP contribution in [-0.4, -0.2) is 31.9 Å². The van der Waals surface area contributed by atoms with Gasteiger partial charge in [-0.05, 0) is 26.0 Å². The van der Waals surface area contributed by atoms with Crippen molar-refractivity contribution in [2.45, 2.75) is 13.8 Å². The predicted molar refractivity (Wildman–Crippen MR) is 66.5 cm³/mol. The Labute approximate surface area is 106 Å². The van der Waals surface area contributed by atoms with Crippen molar-refractivity contribution in [1.82, 2.24) is 0 Å². The number of hydrogen-bond acceptors (Lipinski definition) is 4. The Balaban J connectivity index is 2.88. The quantitative estimate of drug-likeness (QED) is 0.843. The molecule has 0 aliphatic heterocycles. The SMILES string of the molecule is COc1cccc(OCC(C)(C)C(=O)O)c1OC. The normalized spacial score (nSPS) is 10.9. The molecular weight excluding hydrogens is 236 g/mol. The molecule has 0 amide bonds. The molecule has 1 N–H and O–H groups in total. The average Bonchev–Trinajstić information content (AvgIpc) is 2.35. The monoisotopic (exact) mass is 254 g/mol. The second-order valence-corrected chi connectivity index (χ2v) is 4.47. The number of methoxy groups -OCH3 is 2. The fourth-order valence-corrected chi connectivity index (χ4v) is 1.29. The van der Waals surface area contributed by atoms with Gasteiger partial charge in [-0.2, -0.15) is 0 Å². The number of aliphatic carboxylic acids is 1. The molecule has 1 aromatic carbocycles. The van der Waals surface area contributed by atoms with E-state index in [2.05, 4.69) is 0 Å². The maximum absolute atomic E-state index is 11.0. The number of carboxylic acid groups (broad SMARTS) is 1. The van der Waals surface area contributed by atoms with Gasteiger partial charge >= 0.3 is 5.97 Å². The van der Waals surface area contributed by atoms with Crippen molar-refractivity contribution in [3.8, 4) is 17.2 Å². The molecular formula is C13H18O5. The number of hydrogen-bond donors (Lipinski definition) is 1. The van der Waals surface area contributed by atoms with Crippen LogP contribution in [0, 0.1) is 5.41 Å². The van der Waals surface area contributed by atoms with Gasteiger partial charge in [-0.25, -0.2) is 0 Å². The third-order valence-electron chi connectivity index (χ3n) is 2.53. The van der Waals surface area contributed by atoms with Gasteiger partial charge in [-0.15, -0.1) is 0 Å². The summed E-state index contributed by atoms with van der Waals surface area (Å²) in [5, 5.41) is 9.01. The highest BCUT2D eigenvalue weighted by atomic mass is 16.5. The zero-order valence-electron chi connectivity index (χ0n) is 11.0. The molecule has 1 rings (SSSR count). The van der Waals surface area contributed by atoms with Crippen molar-refractivity contribution in [2.24, 2.45) is 5.41 Å².